The lowest BCUT2D eigenvalue weighted by molar-refractivity contribution is 0.171. The first-order valence-electron chi connectivity index (χ1n) is 5.23. The quantitative estimate of drug-likeness (QED) is 0.655. The van der Waals surface area contributed by atoms with Gasteiger partial charge in [0.15, 0.2) is 11.5 Å². The fourth-order valence-electron chi connectivity index (χ4n) is 1.30. The maximum absolute atomic E-state index is 10.9. The molecule has 6 nitrogen and oxygen atoms in total. The van der Waals surface area contributed by atoms with E-state index in [2.05, 4.69) is 15.3 Å². The molecule has 0 heterocycles. The highest BCUT2D eigenvalue weighted by Gasteiger charge is 2.06. The molecule has 0 aliphatic carbocycles. The van der Waals surface area contributed by atoms with Crippen molar-refractivity contribution in [1.82, 2.24) is 5.43 Å². The Morgan fingerprint density at radius 2 is 1.83 bits per heavy atom. The van der Waals surface area contributed by atoms with Gasteiger partial charge in [-0.1, -0.05) is 0 Å². The number of hydrazone groups is 1. The van der Waals surface area contributed by atoms with Crippen LogP contribution in [-0.4, -0.2) is 33.1 Å². The molecule has 98 valence electrons. The summed E-state index contributed by atoms with van der Waals surface area (Å²) in [6.45, 7) is 1.76. The van der Waals surface area contributed by atoms with E-state index in [-0.39, 0.29) is 0 Å². The molecule has 0 spiro atoms. The Morgan fingerprint density at radius 1 is 1.17 bits per heavy atom. The predicted octanol–water partition coefficient (Wildman–Crippen LogP) is 1.78. The van der Waals surface area contributed by atoms with Crippen LogP contribution in [0.5, 0.6) is 11.5 Å². The number of amides is 1. The minimum Gasteiger partial charge on any atom is -0.493 e. The molecular formula is C12H16N2O4. The summed E-state index contributed by atoms with van der Waals surface area (Å²) in [5, 5.41) is 3.89. The van der Waals surface area contributed by atoms with E-state index >= 15 is 0 Å². The summed E-state index contributed by atoms with van der Waals surface area (Å²) in [5.41, 5.74) is 3.69. The summed E-state index contributed by atoms with van der Waals surface area (Å²) in [7, 11) is 4.40. The topological polar surface area (TPSA) is 69.2 Å². The third kappa shape index (κ3) is 3.38. The molecule has 0 bridgehead atoms. The van der Waals surface area contributed by atoms with Crippen molar-refractivity contribution < 1.29 is 19.0 Å². The second-order valence-electron chi connectivity index (χ2n) is 3.37. The van der Waals surface area contributed by atoms with Crippen LogP contribution >= 0.6 is 0 Å². The van der Waals surface area contributed by atoms with Crippen LogP contribution in [0, 0.1) is 0 Å². The van der Waals surface area contributed by atoms with Crippen LogP contribution in [0.1, 0.15) is 12.5 Å². The van der Waals surface area contributed by atoms with Crippen LogP contribution in [-0.2, 0) is 4.74 Å². The Kier molecular flexibility index (Phi) is 4.98. The summed E-state index contributed by atoms with van der Waals surface area (Å²) < 4.78 is 14.7. The van der Waals surface area contributed by atoms with Gasteiger partial charge in [-0.2, -0.15) is 5.10 Å². The number of benzene rings is 1. The molecular weight excluding hydrogens is 236 g/mol. The maximum Gasteiger partial charge on any atom is 0.427 e. The lowest BCUT2D eigenvalue weighted by Crippen LogP contribution is -2.18. The van der Waals surface area contributed by atoms with Crippen LogP contribution in [0.3, 0.4) is 0 Å². The minimum absolute atomic E-state index is 0.600. The summed E-state index contributed by atoms with van der Waals surface area (Å²) >= 11 is 0. The number of hydrogen-bond acceptors (Lipinski definition) is 5. The van der Waals surface area contributed by atoms with Crippen molar-refractivity contribution in [1.29, 1.82) is 0 Å². The first-order valence-corrected chi connectivity index (χ1v) is 5.23. The number of carbonyl (C=O) groups is 1. The van der Waals surface area contributed by atoms with Gasteiger partial charge in [-0.15, -0.1) is 0 Å². The number of nitrogens with one attached hydrogen (secondary N) is 1. The summed E-state index contributed by atoms with van der Waals surface area (Å²) in [6, 6.07) is 5.36. The molecule has 0 atom stereocenters. The van der Waals surface area contributed by atoms with E-state index in [4.69, 9.17) is 9.47 Å². The van der Waals surface area contributed by atoms with E-state index < -0.39 is 6.09 Å². The maximum atomic E-state index is 10.9. The van der Waals surface area contributed by atoms with Gasteiger partial charge >= 0.3 is 6.09 Å². The van der Waals surface area contributed by atoms with E-state index in [1.54, 1.807) is 33.3 Å². The number of carbonyl (C=O) groups excluding carboxylic acids is 1. The van der Waals surface area contributed by atoms with Crippen molar-refractivity contribution in [3.8, 4) is 11.5 Å². The van der Waals surface area contributed by atoms with Gasteiger partial charge < -0.3 is 14.2 Å². The molecule has 0 saturated carbocycles. The normalized spacial score (nSPS) is 10.8. The molecule has 0 unspecified atom stereocenters. The van der Waals surface area contributed by atoms with Crippen LogP contribution in [0.2, 0.25) is 0 Å². The Morgan fingerprint density at radius 3 is 2.39 bits per heavy atom. The molecule has 1 N–H and O–H groups in total. The van der Waals surface area contributed by atoms with Crippen molar-refractivity contribution >= 4 is 11.8 Å². The largest absolute Gasteiger partial charge is 0.493 e. The Bertz CT molecular complexity index is 457. The van der Waals surface area contributed by atoms with Crippen LogP contribution in [0.15, 0.2) is 23.3 Å². The van der Waals surface area contributed by atoms with Gasteiger partial charge in [-0.25, -0.2) is 10.2 Å². The molecule has 1 amide bonds. The first kappa shape index (κ1) is 13.8. The van der Waals surface area contributed by atoms with Crippen LogP contribution < -0.4 is 14.9 Å². The molecule has 1 aromatic carbocycles. The van der Waals surface area contributed by atoms with Gasteiger partial charge in [0, 0.05) is 5.56 Å². The fraction of sp³-hybridized carbons (Fsp3) is 0.333. The first-order chi connectivity index (χ1) is 8.62. The molecule has 0 aliphatic heterocycles. The second-order valence-corrected chi connectivity index (χ2v) is 3.37. The van der Waals surface area contributed by atoms with Gasteiger partial charge in [0.25, 0.3) is 0 Å². The number of rotatable bonds is 4. The zero-order chi connectivity index (χ0) is 13.5. The van der Waals surface area contributed by atoms with Crippen LogP contribution in [0.4, 0.5) is 4.79 Å². The zero-order valence-corrected chi connectivity index (χ0v) is 10.8. The van der Waals surface area contributed by atoms with Gasteiger partial charge in [0.1, 0.15) is 0 Å². The highest BCUT2D eigenvalue weighted by molar-refractivity contribution is 5.99. The van der Waals surface area contributed by atoms with E-state index in [1.807, 2.05) is 6.07 Å². The average molecular weight is 252 g/mol. The average Bonchev–Trinajstić information content (AvgIpc) is 2.43. The molecule has 1 rings (SSSR count). The zero-order valence-electron chi connectivity index (χ0n) is 10.8. The highest BCUT2D eigenvalue weighted by Crippen LogP contribution is 2.27. The van der Waals surface area contributed by atoms with E-state index in [0.717, 1.165) is 5.56 Å². The number of methoxy groups -OCH3 is 3. The SMILES string of the molecule is COC(=O)NN=C(C)c1ccc(OC)c(OC)c1. The van der Waals surface area contributed by atoms with Gasteiger partial charge in [0.2, 0.25) is 0 Å². The third-order valence-corrected chi connectivity index (χ3v) is 2.30. The molecule has 0 saturated heterocycles. The standard InChI is InChI=1S/C12H16N2O4/c1-8(13-14-12(15)18-4)9-5-6-10(16-2)11(7-9)17-3/h5-7H,1-4H3,(H,14,15). The fourth-order valence-corrected chi connectivity index (χ4v) is 1.30. The van der Waals surface area contributed by atoms with Crippen molar-refractivity contribution in [2.75, 3.05) is 21.3 Å². The number of hydrogen-bond donors (Lipinski definition) is 1. The summed E-state index contributed by atoms with van der Waals surface area (Å²) in [6.07, 6.45) is -0.616. The van der Waals surface area contributed by atoms with E-state index in [1.165, 1.54) is 7.11 Å². The Hall–Kier alpha value is -2.24. The third-order valence-electron chi connectivity index (χ3n) is 2.30. The Labute approximate surface area is 106 Å². The van der Waals surface area contributed by atoms with Gasteiger partial charge in [-0.3, -0.25) is 0 Å². The smallest absolute Gasteiger partial charge is 0.427 e. The van der Waals surface area contributed by atoms with E-state index in [0.29, 0.717) is 17.2 Å². The second kappa shape index (κ2) is 6.48. The monoisotopic (exact) mass is 252 g/mol. The molecule has 0 fully saturated rings. The van der Waals surface area contributed by atoms with Crippen molar-refractivity contribution in [3.05, 3.63) is 23.8 Å². The molecule has 6 heteroatoms. The molecule has 0 radical (unpaired) electrons. The lowest BCUT2D eigenvalue weighted by Gasteiger charge is -2.09. The molecule has 1 aromatic rings. The lowest BCUT2D eigenvalue weighted by atomic mass is 10.1. The number of ether oxygens (including phenoxy) is 3. The predicted molar refractivity (Wildman–Crippen MR) is 67.3 cm³/mol. The summed E-state index contributed by atoms with van der Waals surface area (Å²) in [4.78, 5) is 10.9. The molecule has 0 aromatic heterocycles. The van der Waals surface area contributed by atoms with Crippen molar-refractivity contribution in [3.63, 3.8) is 0 Å². The number of nitrogens with zero attached hydrogens (tertiary/aromatic N) is 1. The van der Waals surface area contributed by atoms with Crippen molar-refractivity contribution in [2.45, 2.75) is 6.92 Å². The minimum atomic E-state index is -0.616. The summed E-state index contributed by atoms with van der Waals surface area (Å²) in [5.74, 6) is 1.23. The molecule has 0 aliphatic rings. The van der Waals surface area contributed by atoms with E-state index in [9.17, 15) is 4.79 Å². The van der Waals surface area contributed by atoms with Gasteiger partial charge in [-0.05, 0) is 25.1 Å². The highest BCUT2D eigenvalue weighted by atomic mass is 16.5. The van der Waals surface area contributed by atoms with Crippen molar-refractivity contribution in [2.24, 2.45) is 5.10 Å². The molecule has 18 heavy (non-hydrogen) atoms. The van der Waals surface area contributed by atoms with Crippen LogP contribution in [0.25, 0.3) is 0 Å². The van der Waals surface area contributed by atoms with Gasteiger partial charge in [0.05, 0.1) is 27.0 Å². The Balaban J connectivity index is 2.92.